The summed E-state index contributed by atoms with van der Waals surface area (Å²) < 4.78 is 6.02. The molecule has 0 fully saturated rings. The predicted molar refractivity (Wildman–Crippen MR) is 83.5 cm³/mol. The topological polar surface area (TPSA) is 9.23 Å². The average molecular weight is 260 g/mol. The number of aryl methyl sites for hydroxylation is 2. The van der Waals surface area contributed by atoms with Crippen molar-refractivity contribution >= 4 is 0 Å². The third kappa shape index (κ3) is 5.10. The molecule has 0 N–H and O–H groups in total. The summed E-state index contributed by atoms with van der Waals surface area (Å²) in [6.45, 7) is 15.1. The summed E-state index contributed by atoms with van der Waals surface area (Å²) >= 11 is 0. The van der Waals surface area contributed by atoms with Crippen LogP contribution in [0.1, 0.15) is 51.2 Å². The second-order valence-electron chi connectivity index (χ2n) is 5.91. The lowest BCUT2D eigenvalue weighted by molar-refractivity contribution is 0.316. The third-order valence-electron chi connectivity index (χ3n) is 3.63. The van der Waals surface area contributed by atoms with Crippen LogP contribution in [0.15, 0.2) is 30.5 Å². The molecule has 1 aromatic carbocycles. The van der Waals surface area contributed by atoms with E-state index in [0.717, 1.165) is 30.3 Å². The summed E-state index contributed by atoms with van der Waals surface area (Å²) in [7, 11) is 0. The highest BCUT2D eigenvalue weighted by Gasteiger charge is 2.14. The van der Waals surface area contributed by atoms with Crippen LogP contribution in [0.3, 0.4) is 0 Å². The van der Waals surface area contributed by atoms with E-state index >= 15 is 0 Å². The van der Waals surface area contributed by atoms with Crippen LogP contribution in [0.2, 0.25) is 0 Å². The third-order valence-corrected chi connectivity index (χ3v) is 3.63. The van der Waals surface area contributed by atoms with Crippen molar-refractivity contribution in [2.45, 2.75) is 53.9 Å². The Hall–Kier alpha value is -1.24. The Bertz CT molecular complexity index is 418. The lowest BCUT2D eigenvalue weighted by atomic mass is 9.94. The molecule has 106 valence electrons. The van der Waals surface area contributed by atoms with Crippen LogP contribution in [-0.4, -0.2) is 0 Å². The van der Waals surface area contributed by atoms with Gasteiger partial charge in [0.2, 0.25) is 0 Å². The Balaban J connectivity index is 2.68. The lowest BCUT2D eigenvalue weighted by Crippen LogP contribution is -2.10. The maximum absolute atomic E-state index is 6.02. The van der Waals surface area contributed by atoms with Crippen molar-refractivity contribution in [1.29, 1.82) is 0 Å². The average Bonchev–Trinajstić information content (AvgIpc) is 2.34. The fourth-order valence-electron chi connectivity index (χ4n) is 2.17. The Morgan fingerprint density at radius 2 is 1.89 bits per heavy atom. The van der Waals surface area contributed by atoms with Gasteiger partial charge in [-0.25, -0.2) is 0 Å². The van der Waals surface area contributed by atoms with Gasteiger partial charge < -0.3 is 4.74 Å². The van der Waals surface area contributed by atoms with Gasteiger partial charge in [0.15, 0.2) is 0 Å². The van der Waals surface area contributed by atoms with Gasteiger partial charge in [-0.05, 0) is 49.8 Å². The Labute approximate surface area is 118 Å². The maximum Gasteiger partial charge on any atom is 0.130 e. The minimum atomic E-state index is 0.460. The summed E-state index contributed by atoms with van der Waals surface area (Å²) in [4.78, 5) is 0. The highest BCUT2D eigenvalue weighted by Crippen LogP contribution is 2.27. The molecule has 1 aromatic rings. The normalized spacial score (nSPS) is 12.5. The van der Waals surface area contributed by atoms with Gasteiger partial charge in [0.05, 0.1) is 5.76 Å². The molecular weight excluding hydrogens is 232 g/mol. The Morgan fingerprint density at radius 1 is 1.21 bits per heavy atom. The molecule has 0 spiro atoms. The van der Waals surface area contributed by atoms with E-state index in [2.05, 4.69) is 59.4 Å². The number of allylic oxidation sites excluding steroid dienone is 1. The van der Waals surface area contributed by atoms with Gasteiger partial charge in [-0.1, -0.05) is 45.9 Å². The second-order valence-corrected chi connectivity index (χ2v) is 5.91. The SMILES string of the molecule is C=C(Oc1cc(C)ccc1C)C(CC)CCC(C)C. The molecule has 0 amide bonds. The van der Waals surface area contributed by atoms with E-state index in [1.54, 1.807) is 0 Å². The maximum atomic E-state index is 6.02. The fourth-order valence-corrected chi connectivity index (χ4v) is 2.17. The first-order valence-electron chi connectivity index (χ1n) is 7.38. The van der Waals surface area contributed by atoms with E-state index in [0.29, 0.717) is 5.92 Å². The molecule has 0 aromatic heterocycles. The molecular formula is C18H28O. The van der Waals surface area contributed by atoms with E-state index < -0.39 is 0 Å². The smallest absolute Gasteiger partial charge is 0.130 e. The van der Waals surface area contributed by atoms with Crippen LogP contribution < -0.4 is 4.74 Å². The van der Waals surface area contributed by atoms with Gasteiger partial charge in [-0.3, -0.25) is 0 Å². The number of rotatable bonds is 7. The van der Waals surface area contributed by atoms with E-state index in [1.165, 1.54) is 17.5 Å². The number of hydrogen-bond donors (Lipinski definition) is 0. The minimum Gasteiger partial charge on any atom is -0.462 e. The van der Waals surface area contributed by atoms with Crippen LogP contribution in [0.4, 0.5) is 0 Å². The van der Waals surface area contributed by atoms with Crippen LogP contribution in [0, 0.1) is 25.7 Å². The molecule has 0 aliphatic heterocycles. The standard InChI is InChI=1S/C18H28O/c1-7-17(11-8-13(2)3)16(6)19-18-12-14(4)9-10-15(18)5/h9-10,12-13,17H,6-8,11H2,1-5H3. The summed E-state index contributed by atoms with van der Waals surface area (Å²) in [6.07, 6.45) is 3.49. The predicted octanol–water partition coefficient (Wildman–Crippen LogP) is 5.66. The van der Waals surface area contributed by atoms with Crippen LogP contribution in [0.25, 0.3) is 0 Å². The highest BCUT2D eigenvalue weighted by atomic mass is 16.5. The zero-order valence-electron chi connectivity index (χ0n) is 13.1. The van der Waals surface area contributed by atoms with Gasteiger partial charge in [0.1, 0.15) is 5.75 Å². The van der Waals surface area contributed by atoms with E-state index in [1.807, 2.05) is 0 Å². The molecule has 0 saturated carbocycles. The molecule has 1 rings (SSSR count). The highest BCUT2D eigenvalue weighted by molar-refractivity contribution is 5.37. The van der Waals surface area contributed by atoms with Crippen molar-refractivity contribution in [2.75, 3.05) is 0 Å². The van der Waals surface area contributed by atoms with Crippen molar-refractivity contribution in [3.05, 3.63) is 41.7 Å². The van der Waals surface area contributed by atoms with E-state index in [-0.39, 0.29) is 0 Å². The van der Waals surface area contributed by atoms with Gasteiger partial charge >= 0.3 is 0 Å². The first-order valence-corrected chi connectivity index (χ1v) is 7.38. The molecule has 1 unspecified atom stereocenters. The molecule has 0 saturated heterocycles. The summed E-state index contributed by atoms with van der Waals surface area (Å²) in [5.41, 5.74) is 2.40. The fraction of sp³-hybridized carbons (Fsp3) is 0.556. The zero-order chi connectivity index (χ0) is 14.4. The van der Waals surface area contributed by atoms with Crippen molar-refractivity contribution in [1.82, 2.24) is 0 Å². The number of hydrogen-bond acceptors (Lipinski definition) is 1. The van der Waals surface area contributed by atoms with Crippen LogP contribution >= 0.6 is 0 Å². The second kappa shape index (κ2) is 7.37. The zero-order valence-corrected chi connectivity index (χ0v) is 13.1. The van der Waals surface area contributed by atoms with Gasteiger partial charge in [0, 0.05) is 5.92 Å². The molecule has 0 heterocycles. The molecule has 1 atom stereocenters. The monoisotopic (exact) mass is 260 g/mol. The summed E-state index contributed by atoms with van der Waals surface area (Å²) in [5.74, 6) is 3.06. The van der Waals surface area contributed by atoms with Crippen molar-refractivity contribution < 1.29 is 4.74 Å². The van der Waals surface area contributed by atoms with E-state index in [9.17, 15) is 0 Å². The number of ether oxygens (including phenoxy) is 1. The Kier molecular flexibility index (Phi) is 6.14. The molecule has 0 aliphatic carbocycles. The summed E-state index contributed by atoms with van der Waals surface area (Å²) in [5, 5.41) is 0. The van der Waals surface area contributed by atoms with Gasteiger partial charge in [-0.2, -0.15) is 0 Å². The van der Waals surface area contributed by atoms with Gasteiger partial charge in [0.25, 0.3) is 0 Å². The summed E-state index contributed by atoms with van der Waals surface area (Å²) in [6, 6.07) is 6.31. The molecule has 1 heteroatoms. The van der Waals surface area contributed by atoms with Crippen molar-refractivity contribution in [3.8, 4) is 5.75 Å². The first-order chi connectivity index (χ1) is 8.93. The minimum absolute atomic E-state index is 0.460. The molecule has 0 aliphatic rings. The largest absolute Gasteiger partial charge is 0.462 e. The molecule has 0 bridgehead atoms. The van der Waals surface area contributed by atoms with Crippen molar-refractivity contribution in [3.63, 3.8) is 0 Å². The quantitative estimate of drug-likeness (QED) is 0.575. The first kappa shape index (κ1) is 15.8. The van der Waals surface area contributed by atoms with Gasteiger partial charge in [-0.15, -0.1) is 0 Å². The van der Waals surface area contributed by atoms with Crippen LogP contribution in [0.5, 0.6) is 5.75 Å². The molecule has 0 radical (unpaired) electrons. The molecule has 19 heavy (non-hydrogen) atoms. The number of benzene rings is 1. The molecule has 1 nitrogen and oxygen atoms in total. The van der Waals surface area contributed by atoms with E-state index in [4.69, 9.17) is 4.74 Å². The lowest BCUT2D eigenvalue weighted by Gasteiger charge is -2.20. The Morgan fingerprint density at radius 3 is 2.47 bits per heavy atom. The van der Waals surface area contributed by atoms with Crippen LogP contribution in [-0.2, 0) is 0 Å². The van der Waals surface area contributed by atoms with Crippen molar-refractivity contribution in [2.24, 2.45) is 11.8 Å².